The van der Waals surface area contributed by atoms with Crippen LogP contribution in [-0.4, -0.2) is 23.5 Å². The van der Waals surface area contributed by atoms with Crippen molar-refractivity contribution in [1.82, 2.24) is 0 Å². The number of benzene rings is 2. The molecule has 0 aromatic heterocycles. The van der Waals surface area contributed by atoms with Crippen LogP contribution in [0.3, 0.4) is 0 Å². The predicted molar refractivity (Wildman–Crippen MR) is 83.4 cm³/mol. The molecule has 2 rings (SSSR count). The average Bonchev–Trinajstić information content (AvgIpc) is 2.44. The van der Waals surface area contributed by atoms with Gasteiger partial charge in [0.15, 0.2) is 6.61 Å². The van der Waals surface area contributed by atoms with Gasteiger partial charge in [-0.15, -0.1) is 0 Å². The Bertz CT molecular complexity index is 709. The van der Waals surface area contributed by atoms with Crippen LogP contribution in [0.5, 0.6) is 5.75 Å². The number of hydrogen-bond acceptors (Lipinski definition) is 4. The summed E-state index contributed by atoms with van der Waals surface area (Å²) in [6.45, 7) is 5.33. The number of carbonyl (C=O) groups is 2. The molecule has 0 saturated carbocycles. The average molecular weight is 298 g/mol. The van der Waals surface area contributed by atoms with Crippen molar-refractivity contribution in [3.8, 4) is 5.75 Å². The van der Waals surface area contributed by atoms with Gasteiger partial charge in [0, 0.05) is 5.56 Å². The Kier molecular flexibility index (Phi) is 4.61. The summed E-state index contributed by atoms with van der Waals surface area (Å²) in [5.74, 6) is -1.13. The third-order valence-corrected chi connectivity index (χ3v) is 3.41. The van der Waals surface area contributed by atoms with E-state index in [1.54, 1.807) is 12.1 Å². The molecule has 0 aliphatic heterocycles. The van der Waals surface area contributed by atoms with Crippen molar-refractivity contribution in [2.75, 3.05) is 6.61 Å². The highest BCUT2D eigenvalue weighted by Gasteiger charge is 2.17. The van der Waals surface area contributed by atoms with Crippen LogP contribution in [0.15, 0.2) is 36.4 Å². The molecule has 0 atom stereocenters. The van der Waals surface area contributed by atoms with Gasteiger partial charge < -0.3 is 9.84 Å². The first-order chi connectivity index (χ1) is 10.4. The molecule has 4 nitrogen and oxygen atoms in total. The third kappa shape index (κ3) is 3.34. The van der Waals surface area contributed by atoms with Gasteiger partial charge in [0.25, 0.3) is 0 Å². The molecule has 2 aromatic rings. The molecule has 22 heavy (non-hydrogen) atoms. The molecular formula is C18H18O4. The van der Waals surface area contributed by atoms with E-state index in [0.717, 1.165) is 16.7 Å². The van der Waals surface area contributed by atoms with Gasteiger partial charge in [-0.25, -0.2) is 4.79 Å². The number of aryl methyl sites for hydroxylation is 3. The summed E-state index contributed by atoms with van der Waals surface area (Å²) in [5, 5.41) is 9.60. The van der Waals surface area contributed by atoms with E-state index in [4.69, 9.17) is 4.74 Å². The molecule has 2 aromatic carbocycles. The third-order valence-electron chi connectivity index (χ3n) is 3.41. The first-order valence-electron chi connectivity index (χ1n) is 6.96. The first kappa shape index (κ1) is 15.8. The van der Waals surface area contributed by atoms with Crippen molar-refractivity contribution in [3.05, 3.63) is 64.2 Å². The lowest BCUT2D eigenvalue weighted by Gasteiger charge is -2.11. The minimum Gasteiger partial charge on any atom is -0.507 e. The van der Waals surface area contributed by atoms with Gasteiger partial charge in [-0.05, 0) is 44.0 Å². The zero-order valence-corrected chi connectivity index (χ0v) is 12.8. The number of esters is 1. The molecule has 0 saturated heterocycles. The molecule has 0 bridgehead atoms. The molecule has 0 aliphatic carbocycles. The van der Waals surface area contributed by atoms with Crippen LogP contribution >= 0.6 is 0 Å². The number of phenols is 1. The summed E-state index contributed by atoms with van der Waals surface area (Å²) in [4.78, 5) is 24.2. The molecular weight excluding hydrogens is 280 g/mol. The number of Topliss-reactive ketones (excluding diaryl/α,β-unsaturated/α-hetero) is 1. The fourth-order valence-corrected chi connectivity index (χ4v) is 2.55. The van der Waals surface area contributed by atoms with Crippen molar-refractivity contribution in [3.63, 3.8) is 0 Å². The fourth-order valence-electron chi connectivity index (χ4n) is 2.55. The lowest BCUT2D eigenvalue weighted by molar-refractivity contribution is 0.0471. The summed E-state index contributed by atoms with van der Waals surface area (Å²) in [6.07, 6.45) is 0. The van der Waals surface area contributed by atoms with Gasteiger partial charge in [0.2, 0.25) is 5.78 Å². The molecule has 114 valence electrons. The summed E-state index contributed by atoms with van der Waals surface area (Å²) >= 11 is 0. The van der Waals surface area contributed by atoms with Gasteiger partial charge in [-0.3, -0.25) is 4.79 Å². The molecule has 1 N–H and O–H groups in total. The zero-order valence-electron chi connectivity index (χ0n) is 12.8. The number of ether oxygens (including phenoxy) is 1. The van der Waals surface area contributed by atoms with Crippen LogP contribution in [0, 0.1) is 20.8 Å². The quantitative estimate of drug-likeness (QED) is 0.694. The second kappa shape index (κ2) is 6.43. The summed E-state index contributed by atoms with van der Waals surface area (Å²) in [7, 11) is 0. The number of hydrogen-bond donors (Lipinski definition) is 1. The number of rotatable bonds is 4. The molecule has 0 amide bonds. The van der Waals surface area contributed by atoms with Crippen LogP contribution < -0.4 is 0 Å². The van der Waals surface area contributed by atoms with Gasteiger partial charge >= 0.3 is 5.97 Å². The van der Waals surface area contributed by atoms with Crippen molar-refractivity contribution in [2.45, 2.75) is 20.8 Å². The normalized spacial score (nSPS) is 10.3. The smallest absolute Gasteiger partial charge is 0.342 e. The van der Waals surface area contributed by atoms with Crippen LogP contribution in [-0.2, 0) is 4.74 Å². The molecule has 0 heterocycles. The monoisotopic (exact) mass is 298 g/mol. The highest BCUT2D eigenvalue weighted by Crippen LogP contribution is 2.19. The summed E-state index contributed by atoms with van der Waals surface area (Å²) in [5.41, 5.74) is 3.43. The van der Waals surface area contributed by atoms with E-state index in [2.05, 4.69) is 0 Å². The minimum atomic E-state index is -0.714. The minimum absolute atomic E-state index is 0.0488. The van der Waals surface area contributed by atoms with Crippen molar-refractivity contribution < 1.29 is 19.4 Å². The lowest BCUT2D eigenvalue weighted by Crippen LogP contribution is -2.16. The van der Waals surface area contributed by atoms with Gasteiger partial charge in [0.05, 0.1) is 0 Å². The summed E-state index contributed by atoms with van der Waals surface area (Å²) in [6, 6.07) is 9.91. The van der Waals surface area contributed by atoms with Crippen LogP contribution in [0.1, 0.15) is 37.4 Å². The molecule has 0 unspecified atom stereocenters. The lowest BCUT2D eigenvalue weighted by atomic mass is 9.97. The van der Waals surface area contributed by atoms with Crippen LogP contribution in [0.2, 0.25) is 0 Å². The molecule has 4 heteroatoms. The number of para-hydroxylation sites is 1. The van der Waals surface area contributed by atoms with Crippen molar-refractivity contribution in [1.29, 1.82) is 0 Å². The van der Waals surface area contributed by atoms with E-state index in [9.17, 15) is 14.7 Å². The molecule has 0 spiro atoms. The van der Waals surface area contributed by atoms with Gasteiger partial charge in [-0.1, -0.05) is 29.8 Å². The van der Waals surface area contributed by atoms with E-state index in [-0.39, 0.29) is 23.7 Å². The topological polar surface area (TPSA) is 63.6 Å². The highest BCUT2D eigenvalue weighted by atomic mass is 16.5. The second-order valence-electron chi connectivity index (χ2n) is 5.29. The zero-order chi connectivity index (χ0) is 16.3. The van der Waals surface area contributed by atoms with Gasteiger partial charge in [0.1, 0.15) is 11.3 Å². The molecule has 0 fully saturated rings. The van der Waals surface area contributed by atoms with E-state index >= 15 is 0 Å². The highest BCUT2D eigenvalue weighted by molar-refractivity contribution is 6.01. The largest absolute Gasteiger partial charge is 0.507 e. The summed E-state index contributed by atoms with van der Waals surface area (Å²) < 4.78 is 5.02. The fraction of sp³-hybridized carbons (Fsp3) is 0.222. The maximum absolute atomic E-state index is 12.3. The molecule has 0 aliphatic rings. The number of aromatic hydroxyl groups is 1. The Balaban J connectivity index is 2.11. The van der Waals surface area contributed by atoms with E-state index in [1.807, 2.05) is 32.9 Å². The van der Waals surface area contributed by atoms with E-state index in [1.165, 1.54) is 12.1 Å². The number of ketones is 1. The number of phenolic OH excluding ortho intramolecular Hbond substituents is 1. The van der Waals surface area contributed by atoms with Crippen LogP contribution in [0.25, 0.3) is 0 Å². The Hall–Kier alpha value is -2.62. The SMILES string of the molecule is Cc1cc(C)c(C(=O)COC(=O)c2ccccc2O)c(C)c1. The van der Waals surface area contributed by atoms with Gasteiger partial charge in [-0.2, -0.15) is 0 Å². The first-order valence-corrected chi connectivity index (χ1v) is 6.96. The predicted octanol–water partition coefficient (Wildman–Crippen LogP) is 3.36. The Morgan fingerprint density at radius 1 is 1.05 bits per heavy atom. The van der Waals surface area contributed by atoms with Crippen LogP contribution in [0.4, 0.5) is 0 Å². The van der Waals surface area contributed by atoms with E-state index < -0.39 is 5.97 Å². The maximum atomic E-state index is 12.3. The van der Waals surface area contributed by atoms with Crippen molar-refractivity contribution in [2.24, 2.45) is 0 Å². The number of carbonyl (C=O) groups excluding carboxylic acids is 2. The second-order valence-corrected chi connectivity index (χ2v) is 5.29. The Labute approximate surface area is 129 Å². The maximum Gasteiger partial charge on any atom is 0.342 e. The Morgan fingerprint density at radius 3 is 2.23 bits per heavy atom. The Morgan fingerprint density at radius 2 is 1.64 bits per heavy atom. The molecule has 0 radical (unpaired) electrons. The van der Waals surface area contributed by atoms with Crippen molar-refractivity contribution >= 4 is 11.8 Å². The van der Waals surface area contributed by atoms with E-state index in [0.29, 0.717) is 5.56 Å². The standard InChI is InChI=1S/C18H18O4/c1-11-8-12(2)17(13(3)9-11)16(20)10-22-18(21)14-6-4-5-7-15(14)19/h4-9,19H,10H2,1-3H3.